The molecule has 0 spiro atoms. The highest BCUT2D eigenvalue weighted by Crippen LogP contribution is 2.28. The Hall–Kier alpha value is -2.75. The largest absolute Gasteiger partial charge is 0.493 e. The maximum Gasteiger partial charge on any atom is 0.247 e. The van der Waals surface area contributed by atoms with E-state index >= 15 is 0 Å². The Morgan fingerprint density at radius 1 is 1.12 bits per heavy atom. The van der Waals surface area contributed by atoms with Crippen LogP contribution in [0.15, 0.2) is 54.6 Å². The van der Waals surface area contributed by atoms with Crippen molar-refractivity contribution >= 4 is 12.0 Å². The number of ether oxygens (including phenoxy) is 2. The molecule has 0 N–H and O–H groups in total. The summed E-state index contributed by atoms with van der Waals surface area (Å²) in [6.45, 7) is 7.14. The van der Waals surface area contributed by atoms with Crippen LogP contribution in [-0.4, -0.2) is 30.6 Å². The zero-order valence-corrected chi connectivity index (χ0v) is 15.9. The minimum Gasteiger partial charge on any atom is -0.493 e. The molecule has 0 aliphatic rings. The van der Waals surface area contributed by atoms with E-state index in [0.717, 1.165) is 11.1 Å². The molecule has 1 amide bonds. The van der Waals surface area contributed by atoms with E-state index < -0.39 is 0 Å². The molecule has 26 heavy (non-hydrogen) atoms. The van der Waals surface area contributed by atoms with E-state index in [4.69, 9.17) is 9.47 Å². The van der Waals surface area contributed by atoms with Gasteiger partial charge in [-0.15, -0.1) is 0 Å². The van der Waals surface area contributed by atoms with Crippen molar-refractivity contribution in [1.82, 2.24) is 4.90 Å². The molecule has 0 saturated carbocycles. The minimum atomic E-state index is -0.0169. The predicted molar refractivity (Wildman–Crippen MR) is 105 cm³/mol. The lowest BCUT2D eigenvalue weighted by molar-refractivity contribution is -0.128. The molecule has 4 nitrogen and oxygen atoms in total. The van der Waals surface area contributed by atoms with E-state index in [0.29, 0.717) is 24.7 Å². The van der Waals surface area contributed by atoms with Crippen LogP contribution in [0.25, 0.3) is 6.08 Å². The van der Waals surface area contributed by atoms with Crippen molar-refractivity contribution in [1.29, 1.82) is 0 Å². The molecule has 0 heterocycles. The van der Waals surface area contributed by atoms with E-state index in [9.17, 15) is 4.79 Å². The van der Waals surface area contributed by atoms with Gasteiger partial charge in [0.25, 0.3) is 0 Å². The fraction of sp³-hybridized carbons (Fsp3) is 0.318. The maximum absolute atomic E-state index is 12.7. The molecule has 0 unspecified atom stereocenters. The zero-order valence-electron chi connectivity index (χ0n) is 15.9. The van der Waals surface area contributed by atoms with Gasteiger partial charge in [-0.1, -0.05) is 36.4 Å². The Labute approximate surface area is 156 Å². The smallest absolute Gasteiger partial charge is 0.247 e. The molecule has 0 aromatic heterocycles. The lowest BCUT2D eigenvalue weighted by atomic mass is 10.1. The van der Waals surface area contributed by atoms with E-state index in [-0.39, 0.29) is 11.9 Å². The topological polar surface area (TPSA) is 38.8 Å². The lowest BCUT2D eigenvalue weighted by Crippen LogP contribution is -2.35. The third-order valence-corrected chi connectivity index (χ3v) is 4.01. The van der Waals surface area contributed by atoms with Crippen molar-refractivity contribution in [2.45, 2.75) is 33.4 Å². The van der Waals surface area contributed by atoms with Crippen LogP contribution in [0.3, 0.4) is 0 Å². The van der Waals surface area contributed by atoms with Gasteiger partial charge in [-0.3, -0.25) is 4.79 Å². The van der Waals surface area contributed by atoms with Crippen molar-refractivity contribution in [3.05, 3.63) is 65.7 Å². The number of methoxy groups -OCH3 is 1. The monoisotopic (exact) mass is 353 g/mol. The van der Waals surface area contributed by atoms with Gasteiger partial charge in [0.1, 0.15) is 0 Å². The maximum atomic E-state index is 12.7. The summed E-state index contributed by atoms with van der Waals surface area (Å²) in [6, 6.07) is 15.8. The van der Waals surface area contributed by atoms with Crippen LogP contribution in [0.4, 0.5) is 0 Å². The Morgan fingerprint density at radius 3 is 2.46 bits per heavy atom. The highest BCUT2D eigenvalue weighted by Gasteiger charge is 2.15. The van der Waals surface area contributed by atoms with Gasteiger partial charge in [0.15, 0.2) is 11.5 Å². The number of hydrogen-bond acceptors (Lipinski definition) is 3. The van der Waals surface area contributed by atoms with Crippen molar-refractivity contribution in [3.63, 3.8) is 0 Å². The van der Waals surface area contributed by atoms with E-state index in [1.807, 2.05) is 74.2 Å². The summed E-state index contributed by atoms with van der Waals surface area (Å²) in [7, 11) is 1.61. The van der Waals surface area contributed by atoms with E-state index in [1.165, 1.54) is 0 Å². The first-order valence-corrected chi connectivity index (χ1v) is 8.88. The van der Waals surface area contributed by atoms with Gasteiger partial charge in [-0.05, 0) is 50.1 Å². The molecule has 0 fully saturated rings. The summed E-state index contributed by atoms with van der Waals surface area (Å²) >= 11 is 0. The van der Waals surface area contributed by atoms with Gasteiger partial charge in [0, 0.05) is 18.7 Å². The zero-order chi connectivity index (χ0) is 18.9. The van der Waals surface area contributed by atoms with E-state index in [2.05, 4.69) is 0 Å². The summed E-state index contributed by atoms with van der Waals surface area (Å²) in [5.41, 5.74) is 2.01. The average molecular weight is 353 g/mol. The first-order valence-electron chi connectivity index (χ1n) is 8.88. The van der Waals surface area contributed by atoms with Crippen molar-refractivity contribution in [3.8, 4) is 11.5 Å². The Bertz CT molecular complexity index is 738. The highest BCUT2D eigenvalue weighted by atomic mass is 16.5. The van der Waals surface area contributed by atoms with Crippen LogP contribution in [0.1, 0.15) is 31.9 Å². The SMILES string of the molecule is CCOc1ccc(/C=C/C(=O)N(Cc2ccccc2)C(C)C)cc1OC. The van der Waals surface area contributed by atoms with Crippen LogP contribution >= 0.6 is 0 Å². The van der Waals surface area contributed by atoms with Crippen LogP contribution in [0, 0.1) is 0 Å². The quantitative estimate of drug-likeness (QED) is 0.654. The molecule has 0 radical (unpaired) electrons. The normalized spacial score (nSPS) is 11.0. The third-order valence-electron chi connectivity index (χ3n) is 4.01. The van der Waals surface area contributed by atoms with Crippen LogP contribution in [0.2, 0.25) is 0 Å². The first kappa shape index (κ1) is 19.6. The molecule has 138 valence electrons. The van der Waals surface area contributed by atoms with Crippen molar-refractivity contribution in [2.75, 3.05) is 13.7 Å². The highest BCUT2D eigenvalue weighted by molar-refractivity contribution is 5.92. The molecule has 0 aliphatic heterocycles. The molecule has 2 aromatic rings. The molecule has 2 aromatic carbocycles. The summed E-state index contributed by atoms with van der Waals surface area (Å²) in [5, 5.41) is 0. The average Bonchev–Trinajstić information content (AvgIpc) is 2.65. The summed E-state index contributed by atoms with van der Waals surface area (Å²) in [4.78, 5) is 14.5. The Kier molecular flexibility index (Phi) is 7.27. The van der Waals surface area contributed by atoms with Crippen molar-refractivity contribution in [2.24, 2.45) is 0 Å². The third kappa shape index (κ3) is 5.38. The van der Waals surface area contributed by atoms with Gasteiger partial charge in [-0.2, -0.15) is 0 Å². The number of hydrogen-bond donors (Lipinski definition) is 0. The summed E-state index contributed by atoms with van der Waals surface area (Å²) in [5.74, 6) is 1.34. The first-order chi connectivity index (χ1) is 12.5. The minimum absolute atomic E-state index is 0.0169. The molecule has 2 rings (SSSR count). The van der Waals surface area contributed by atoms with Gasteiger partial charge < -0.3 is 14.4 Å². The molecular formula is C22H27NO3. The second-order valence-corrected chi connectivity index (χ2v) is 6.22. The Balaban J connectivity index is 2.13. The fourth-order valence-corrected chi connectivity index (χ4v) is 2.62. The van der Waals surface area contributed by atoms with Gasteiger partial charge in [0.05, 0.1) is 13.7 Å². The summed E-state index contributed by atoms with van der Waals surface area (Å²) < 4.78 is 10.9. The number of amides is 1. The molecule has 0 atom stereocenters. The number of nitrogens with zero attached hydrogens (tertiary/aromatic N) is 1. The number of benzene rings is 2. The summed E-state index contributed by atoms with van der Waals surface area (Å²) in [6.07, 6.45) is 3.42. The predicted octanol–water partition coefficient (Wildman–Crippen LogP) is 4.54. The fourth-order valence-electron chi connectivity index (χ4n) is 2.62. The van der Waals surface area contributed by atoms with Crippen molar-refractivity contribution < 1.29 is 14.3 Å². The molecule has 0 saturated heterocycles. The molecular weight excluding hydrogens is 326 g/mol. The van der Waals surface area contributed by atoms with Gasteiger partial charge in [-0.25, -0.2) is 0 Å². The standard InChI is InChI=1S/C22H27NO3/c1-5-26-20-13-11-18(15-21(20)25-4)12-14-22(24)23(17(2)3)16-19-9-7-6-8-10-19/h6-15,17H,5,16H2,1-4H3/b14-12+. The number of rotatable bonds is 8. The van der Waals surface area contributed by atoms with E-state index in [1.54, 1.807) is 19.3 Å². The molecule has 0 bridgehead atoms. The van der Waals surface area contributed by atoms with Gasteiger partial charge >= 0.3 is 0 Å². The van der Waals surface area contributed by atoms with Crippen LogP contribution in [-0.2, 0) is 11.3 Å². The lowest BCUT2D eigenvalue weighted by Gasteiger charge is -2.25. The Morgan fingerprint density at radius 2 is 1.85 bits per heavy atom. The molecule has 4 heteroatoms. The van der Waals surface area contributed by atoms with Crippen LogP contribution in [0.5, 0.6) is 11.5 Å². The van der Waals surface area contributed by atoms with Gasteiger partial charge in [0.2, 0.25) is 5.91 Å². The van der Waals surface area contributed by atoms with Crippen LogP contribution < -0.4 is 9.47 Å². The number of carbonyl (C=O) groups is 1. The molecule has 0 aliphatic carbocycles. The second-order valence-electron chi connectivity index (χ2n) is 6.22. The second kappa shape index (κ2) is 9.66. The number of carbonyl (C=O) groups excluding carboxylic acids is 1.